The third kappa shape index (κ3) is 3.17. The average molecular weight is 611 g/mol. The van der Waals surface area contributed by atoms with Crippen molar-refractivity contribution in [2.24, 2.45) is 0 Å². The first-order chi connectivity index (χ1) is 23.8. The van der Waals surface area contributed by atoms with Gasteiger partial charge in [-0.1, -0.05) is 84.9 Å². The van der Waals surface area contributed by atoms with Crippen LogP contribution in [0.3, 0.4) is 0 Å². The summed E-state index contributed by atoms with van der Waals surface area (Å²) >= 11 is 0. The van der Waals surface area contributed by atoms with E-state index in [4.69, 9.17) is 21.5 Å². The Balaban J connectivity index is 1.41. The zero-order valence-corrected chi connectivity index (χ0v) is 25.4. The summed E-state index contributed by atoms with van der Waals surface area (Å²) in [4.78, 5) is 18.9. The number of aromatic nitrogens is 5. The Hall–Kier alpha value is -6.84. The molecule has 0 amide bonds. The van der Waals surface area contributed by atoms with Gasteiger partial charge in [-0.2, -0.15) is 4.98 Å². The van der Waals surface area contributed by atoms with Crippen LogP contribution < -0.4 is 0 Å². The quantitative estimate of drug-likeness (QED) is 0.183. The van der Waals surface area contributed by atoms with Crippen LogP contribution in [0.2, 0.25) is 0 Å². The Kier molecular flexibility index (Phi) is 4.82. The second kappa shape index (κ2) is 9.12. The van der Waals surface area contributed by atoms with Gasteiger partial charge in [0.25, 0.3) is 0 Å². The smallest absolute Gasteiger partial charge is 0.237 e. The Morgan fingerprint density at radius 3 is 2.19 bits per heavy atom. The van der Waals surface area contributed by atoms with Gasteiger partial charge in [-0.25, -0.2) is 14.8 Å². The first kappa shape index (κ1) is 25.4. The summed E-state index contributed by atoms with van der Waals surface area (Å²) < 4.78 is 4.66. The highest BCUT2D eigenvalue weighted by molar-refractivity contribution is 6.36. The van der Waals surface area contributed by atoms with E-state index < -0.39 is 0 Å². The van der Waals surface area contributed by atoms with Gasteiger partial charge in [0.15, 0.2) is 11.3 Å². The third-order valence-corrected chi connectivity index (χ3v) is 9.89. The lowest BCUT2D eigenvalue weighted by molar-refractivity contribution is 1.01. The van der Waals surface area contributed by atoms with Gasteiger partial charge < -0.3 is 4.40 Å². The molecule has 0 radical (unpaired) electrons. The molecule has 0 atom stereocenters. The van der Waals surface area contributed by atoms with E-state index in [1.165, 1.54) is 54.3 Å². The molecular weight excluding hydrogens is 589 g/mol. The zero-order valence-electron chi connectivity index (χ0n) is 25.4. The normalized spacial score (nSPS) is 12.1. The molecular formula is C42H22N6. The largest absolute Gasteiger partial charge is 0.308 e. The van der Waals surface area contributed by atoms with E-state index in [1.54, 1.807) is 6.20 Å². The van der Waals surface area contributed by atoms with Crippen LogP contribution in [0.25, 0.3) is 104 Å². The van der Waals surface area contributed by atoms with E-state index in [1.807, 2.05) is 36.4 Å². The minimum Gasteiger partial charge on any atom is -0.308 e. The standard InChI is InChI=1S/C42H22N6/c1-43-26-12-8-11-25(22-26)38-30-16-9-21-44-41(30)46-42(45-38)48-35-20-19-24-10-2-3-13-27(24)36(35)32-23-31-28-14-4-6-17-33(28)47-34-18-7-5-15-29(34)37(39(31)47)40(32)48/h2-23H. The van der Waals surface area contributed by atoms with Crippen molar-refractivity contribution in [3.05, 3.63) is 145 Å². The van der Waals surface area contributed by atoms with Gasteiger partial charge in [0, 0.05) is 43.9 Å². The molecule has 220 valence electrons. The number of para-hydroxylation sites is 2. The number of nitrogens with zero attached hydrogens (tertiary/aromatic N) is 6. The Labute approximate surface area is 272 Å². The molecule has 6 heteroatoms. The van der Waals surface area contributed by atoms with Crippen molar-refractivity contribution >= 4 is 87.4 Å². The van der Waals surface area contributed by atoms with Crippen molar-refractivity contribution < 1.29 is 0 Å². The molecule has 0 fully saturated rings. The molecule has 0 aliphatic heterocycles. The number of rotatable bonds is 2. The number of hydrogen-bond acceptors (Lipinski definition) is 3. The van der Waals surface area contributed by atoms with Gasteiger partial charge in [-0.15, -0.1) is 0 Å². The van der Waals surface area contributed by atoms with E-state index >= 15 is 0 Å². The van der Waals surface area contributed by atoms with Gasteiger partial charge in [-0.05, 0) is 58.8 Å². The van der Waals surface area contributed by atoms with Crippen LogP contribution in [0.15, 0.2) is 134 Å². The highest BCUT2D eigenvalue weighted by Gasteiger charge is 2.26. The van der Waals surface area contributed by atoms with Crippen molar-refractivity contribution in [2.75, 3.05) is 0 Å². The molecule has 6 aromatic carbocycles. The van der Waals surface area contributed by atoms with E-state index in [2.05, 4.69) is 105 Å². The van der Waals surface area contributed by atoms with Crippen LogP contribution in [-0.2, 0) is 0 Å². The second-order valence-corrected chi connectivity index (χ2v) is 12.3. The predicted octanol–water partition coefficient (Wildman–Crippen LogP) is 10.6. The lowest BCUT2D eigenvalue weighted by Crippen LogP contribution is -2.04. The summed E-state index contributed by atoms with van der Waals surface area (Å²) in [5.41, 5.74) is 8.43. The SMILES string of the molecule is [C-]#[N+]c1cccc(-c2nc(-n3c4ccc5ccccc5c4c4cc5c6ccccc6n6c7ccccc7c(c43)c56)nc3ncccc23)c1. The van der Waals surface area contributed by atoms with Crippen molar-refractivity contribution in [2.45, 2.75) is 0 Å². The number of benzene rings is 6. The molecule has 5 heterocycles. The van der Waals surface area contributed by atoms with Crippen molar-refractivity contribution in [3.63, 3.8) is 0 Å². The Morgan fingerprint density at radius 1 is 0.542 bits per heavy atom. The summed E-state index contributed by atoms with van der Waals surface area (Å²) in [5.74, 6) is 0.544. The van der Waals surface area contributed by atoms with Crippen LogP contribution in [0.4, 0.5) is 5.69 Å². The van der Waals surface area contributed by atoms with Gasteiger partial charge in [0.1, 0.15) is 0 Å². The molecule has 11 aromatic rings. The third-order valence-electron chi connectivity index (χ3n) is 9.89. The molecule has 6 nitrogen and oxygen atoms in total. The first-order valence-electron chi connectivity index (χ1n) is 15.9. The van der Waals surface area contributed by atoms with Crippen LogP contribution in [0.1, 0.15) is 0 Å². The minimum atomic E-state index is 0.544. The monoisotopic (exact) mass is 610 g/mol. The van der Waals surface area contributed by atoms with Gasteiger partial charge in [-0.3, -0.25) is 4.57 Å². The summed E-state index contributed by atoms with van der Waals surface area (Å²) in [6, 6.07) is 44.3. The Bertz CT molecular complexity index is 3200. The average Bonchev–Trinajstić information content (AvgIpc) is 3.79. The fraction of sp³-hybridized carbons (Fsp3) is 0. The van der Waals surface area contributed by atoms with E-state index in [-0.39, 0.29) is 0 Å². The number of fused-ring (bicyclic) bond motifs is 13. The molecule has 5 aromatic heterocycles. The summed E-state index contributed by atoms with van der Waals surface area (Å²) in [6.07, 6.45) is 1.77. The maximum Gasteiger partial charge on any atom is 0.237 e. The molecule has 11 rings (SSSR count). The van der Waals surface area contributed by atoms with Crippen LogP contribution in [0, 0.1) is 6.57 Å². The number of hydrogen-bond donors (Lipinski definition) is 0. The molecule has 0 bridgehead atoms. The van der Waals surface area contributed by atoms with Crippen molar-refractivity contribution in [1.82, 2.24) is 23.9 Å². The molecule has 0 unspecified atom stereocenters. The van der Waals surface area contributed by atoms with E-state index in [9.17, 15) is 0 Å². The lowest BCUT2D eigenvalue weighted by atomic mass is 10.0. The fourth-order valence-electron chi connectivity index (χ4n) is 7.98. The summed E-state index contributed by atoms with van der Waals surface area (Å²) in [5, 5.41) is 10.4. The van der Waals surface area contributed by atoms with Crippen molar-refractivity contribution in [1.29, 1.82) is 0 Å². The second-order valence-electron chi connectivity index (χ2n) is 12.3. The lowest BCUT2D eigenvalue weighted by Gasteiger charge is -2.12. The molecule has 0 aliphatic carbocycles. The minimum absolute atomic E-state index is 0.544. The maximum atomic E-state index is 7.66. The molecule has 0 saturated heterocycles. The van der Waals surface area contributed by atoms with E-state index in [0.29, 0.717) is 17.3 Å². The Morgan fingerprint density at radius 2 is 1.31 bits per heavy atom. The highest BCUT2D eigenvalue weighted by Crippen LogP contribution is 2.47. The molecule has 48 heavy (non-hydrogen) atoms. The summed E-state index contributed by atoms with van der Waals surface area (Å²) in [6.45, 7) is 7.66. The molecule has 0 N–H and O–H groups in total. The maximum absolute atomic E-state index is 7.66. The molecule has 0 spiro atoms. The molecule has 0 aliphatic rings. The topological polar surface area (TPSA) is 52.4 Å². The van der Waals surface area contributed by atoms with Gasteiger partial charge >= 0.3 is 0 Å². The first-order valence-corrected chi connectivity index (χ1v) is 15.9. The summed E-state index contributed by atoms with van der Waals surface area (Å²) in [7, 11) is 0. The van der Waals surface area contributed by atoms with Crippen LogP contribution in [-0.4, -0.2) is 23.9 Å². The van der Waals surface area contributed by atoms with Crippen LogP contribution in [0.5, 0.6) is 0 Å². The van der Waals surface area contributed by atoms with Crippen LogP contribution >= 0.6 is 0 Å². The van der Waals surface area contributed by atoms with E-state index in [0.717, 1.165) is 33.1 Å². The van der Waals surface area contributed by atoms with Gasteiger partial charge in [0.05, 0.1) is 39.8 Å². The number of pyridine rings is 1. The predicted molar refractivity (Wildman–Crippen MR) is 196 cm³/mol. The van der Waals surface area contributed by atoms with Gasteiger partial charge in [0.2, 0.25) is 5.95 Å². The zero-order chi connectivity index (χ0) is 31.5. The fourth-order valence-corrected chi connectivity index (χ4v) is 7.98. The van der Waals surface area contributed by atoms with Crippen molar-refractivity contribution in [3.8, 4) is 17.2 Å². The highest BCUT2D eigenvalue weighted by atomic mass is 15.2. The molecule has 0 saturated carbocycles.